The average molecular weight is 293 g/mol. The van der Waals surface area contributed by atoms with Gasteiger partial charge in [0.05, 0.1) is 0 Å². The molecule has 1 heterocycles. The number of benzene rings is 1. The zero-order valence-electron chi connectivity index (χ0n) is 12.5. The Morgan fingerprint density at radius 1 is 1.45 bits per heavy atom. The van der Waals surface area contributed by atoms with Gasteiger partial charge in [-0.3, -0.25) is 0 Å². The molecule has 1 N–H and O–H groups in total. The van der Waals surface area contributed by atoms with Crippen molar-refractivity contribution in [3.63, 3.8) is 0 Å². The number of fused-ring (bicyclic) bond motifs is 1. The van der Waals surface area contributed by atoms with Crippen LogP contribution in [0.2, 0.25) is 0 Å². The first-order chi connectivity index (χ1) is 9.76. The molecule has 1 atom stereocenters. The van der Waals surface area contributed by atoms with E-state index in [0.717, 1.165) is 19.6 Å². The van der Waals surface area contributed by atoms with E-state index in [4.69, 9.17) is 11.6 Å². The highest BCUT2D eigenvalue weighted by molar-refractivity contribution is 6.25. The molecule has 20 heavy (non-hydrogen) atoms. The molecule has 1 unspecified atom stereocenters. The first kappa shape index (κ1) is 15.4. The molecular formula is C17H25ClN2. The van der Waals surface area contributed by atoms with Crippen LogP contribution in [0.5, 0.6) is 0 Å². The van der Waals surface area contributed by atoms with Gasteiger partial charge in [-0.15, -0.1) is 0 Å². The maximum absolute atomic E-state index is 5.84. The summed E-state index contributed by atoms with van der Waals surface area (Å²) in [5, 5.41) is 3.69. The van der Waals surface area contributed by atoms with Crippen LogP contribution in [-0.4, -0.2) is 19.6 Å². The lowest BCUT2D eigenvalue weighted by Crippen LogP contribution is -2.26. The molecule has 0 fully saturated rings. The lowest BCUT2D eigenvalue weighted by Gasteiger charge is -2.26. The minimum atomic E-state index is 0.483. The Kier molecular flexibility index (Phi) is 5.93. The number of hydrogen-bond donors (Lipinski definition) is 1. The summed E-state index contributed by atoms with van der Waals surface area (Å²) in [7, 11) is 0. The number of anilines is 1. The highest BCUT2D eigenvalue weighted by Gasteiger charge is 2.21. The summed E-state index contributed by atoms with van der Waals surface area (Å²) in [5.74, 6) is 0. The molecule has 110 valence electrons. The summed E-state index contributed by atoms with van der Waals surface area (Å²) >= 11 is 5.84. The first-order valence-electron chi connectivity index (χ1n) is 7.59. The maximum atomic E-state index is 5.84. The molecule has 2 rings (SSSR count). The Bertz CT molecular complexity index is 456. The van der Waals surface area contributed by atoms with E-state index in [1.54, 1.807) is 5.54 Å². The van der Waals surface area contributed by atoms with Crippen LogP contribution in [0.25, 0.3) is 0 Å². The monoisotopic (exact) mass is 292 g/mol. The van der Waals surface area contributed by atoms with Crippen LogP contribution >= 0.6 is 11.6 Å². The van der Waals surface area contributed by atoms with Gasteiger partial charge >= 0.3 is 0 Å². The smallest absolute Gasteiger partial charge is 0.0417 e. The van der Waals surface area contributed by atoms with Crippen molar-refractivity contribution in [1.82, 2.24) is 5.32 Å². The van der Waals surface area contributed by atoms with Gasteiger partial charge < -0.3 is 10.2 Å². The zero-order chi connectivity index (χ0) is 14.4. The standard InChI is InChI=1S/C17H25ClN2/c1-3-10-19-16-8-6-11-20(13-14(2)12-18)17-9-5-4-7-15(16)17/h4-5,7,9,12,16,19H,3,6,8,10-11,13H2,1-2H3/b14-12+. The van der Waals surface area contributed by atoms with E-state index in [-0.39, 0.29) is 0 Å². The molecule has 1 aromatic rings. The highest BCUT2D eigenvalue weighted by atomic mass is 35.5. The third-order valence-corrected chi connectivity index (χ3v) is 4.21. The van der Waals surface area contributed by atoms with E-state index >= 15 is 0 Å². The molecule has 0 saturated heterocycles. The Hall–Kier alpha value is -0.990. The Morgan fingerprint density at radius 3 is 3.00 bits per heavy atom. The lowest BCUT2D eigenvalue weighted by molar-refractivity contribution is 0.496. The second kappa shape index (κ2) is 7.70. The lowest BCUT2D eigenvalue weighted by atomic mass is 10.0. The molecule has 2 nitrogen and oxygen atoms in total. The van der Waals surface area contributed by atoms with Crippen molar-refractivity contribution in [2.24, 2.45) is 0 Å². The van der Waals surface area contributed by atoms with Gasteiger partial charge in [-0.25, -0.2) is 0 Å². The van der Waals surface area contributed by atoms with Crippen LogP contribution in [0.15, 0.2) is 35.4 Å². The van der Waals surface area contributed by atoms with Gasteiger partial charge in [-0.05, 0) is 49.9 Å². The van der Waals surface area contributed by atoms with E-state index in [2.05, 4.69) is 48.3 Å². The fourth-order valence-electron chi connectivity index (χ4n) is 2.86. The number of rotatable bonds is 5. The summed E-state index contributed by atoms with van der Waals surface area (Å²) in [6, 6.07) is 9.27. The molecule has 0 spiro atoms. The molecule has 0 saturated carbocycles. The summed E-state index contributed by atoms with van der Waals surface area (Å²) in [4.78, 5) is 2.46. The predicted octanol–water partition coefficient (Wildman–Crippen LogP) is 4.47. The summed E-state index contributed by atoms with van der Waals surface area (Å²) in [5.41, 5.74) is 5.69. The fraction of sp³-hybridized carbons (Fsp3) is 0.529. The predicted molar refractivity (Wildman–Crippen MR) is 88.5 cm³/mol. The van der Waals surface area contributed by atoms with Crippen LogP contribution < -0.4 is 10.2 Å². The largest absolute Gasteiger partial charge is 0.367 e. The summed E-state index contributed by atoms with van der Waals surface area (Å²) in [6.45, 7) is 7.41. The number of halogens is 1. The van der Waals surface area contributed by atoms with Gasteiger partial charge in [-0.1, -0.05) is 36.7 Å². The van der Waals surface area contributed by atoms with E-state index in [1.807, 2.05) is 0 Å². The van der Waals surface area contributed by atoms with Gasteiger partial charge in [0.2, 0.25) is 0 Å². The molecule has 0 aliphatic carbocycles. The summed E-state index contributed by atoms with van der Waals surface area (Å²) in [6.07, 6.45) is 3.60. The van der Waals surface area contributed by atoms with Gasteiger partial charge in [0.1, 0.15) is 0 Å². The van der Waals surface area contributed by atoms with Gasteiger partial charge in [-0.2, -0.15) is 0 Å². The van der Waals surface area contributed by atoms with Crippen LogP contribution in [0.4, 0.5) is 5.69 Å². The van der Waals surface area contributed by atoms with E-state index in [9.17, 15) is 0 Å². The molecule has 0 radical (unpaired) electrons. The van der Waals surface area contributed by atoms with Crippen LogP contribution in [0.1, 0.15) is 44.7 Å². The molecule has 0 amide bonds. The van der Waals surface area contributed by atoms with Crippen LogP contribution in [-0.2, 0) is 0 Å². The van der Waals surface area contributed by atoms with Crippen LogP contribution in [0, 0.1) is 0 Å². The fourth-order valence-corrected chi connectivity index (χ4v) is 2.93. The Morgan fingerprint density at radius 2 is 2.25 bits per heavy atom. The molecule has 0 aromatic heterocycles. The first-order valence-corrected chi connectivity index (χ1v) is 8.03. The molecule has 1 aliphatic heterocycles. The second-order valence-corrected chi connectivity index (χ2v) is 5.80. The number of hydrogen-bond acceptors (Lipinski definition) is 2. The maximum Gasteiger partial charge on any atom is 0.0417 e. The van der Waals surface area contributed by atoms with E-state index in [0.29, 0.717) is 6.04 Å². The Labute approximate surface area is 127 Å². The third-order valence-electron chi connectivity index (χ3n) is 3.84. The van der Waals surface area contributed by atoms with Crippen molar-refractivity contribution < 1.29 is 0 Å². The van der Waals surface area contributed by atoms with Crippen molar-refractivity contribution in [1.29, 1.82) is 0 Å². The second-order valence-electron chi connectivity index (χ2n) is 5.58. The molecule has 3 heteroatoms. The molecule has 0 bridgehead atoms. The third kappa shape index (κ3) is 3.77. The average Bonchev–Trinajstić information content (AvgIpc) is 2.65. The van der Waals surface area contributed by atoms with Crippen molar-refractivity contribution in [3.8, 4) is 0 Å². The topological polar surface area (TPSA) is 15.3 Å². The Balaban J connectivity index is 2.25. The number of nitrogens with one attached hydrogen (secondary N) is 1. The van der Waals surface area contributed by atoms with E-state index in [1.165, 1.54) is 36.1 Å². The zero-order valence-corrected chi connectivity index (χ0v) is 13.3. The van der Waals surface area contributed by atoms with Crippen molar-refractivity contribution in [2.45, 2.75) is 39.2 Å². The molecule has 1 aromatic carbocycles. The minimum Gasteiger partial charge on any atom is -0.367 e. The summed E-state index contributed by atoms with van der Waals surface area (Å²) < 4.78 is 0. The van der Waals surface area contributed by atoms with E-state index < -0.39 is 0 Å². The van der Waals surface area contributed by atoms with Gasteiger partial charge in [0.25, 0.3) is 0 Å². The van der Waals surface area contributed by atoms with Crippen molar-refractivity contribution in [2.75, 3.05) is 24.5 Å². The molecular weight excluding hydrogens is 268 g/mol. The van der Waals surface area contributed by atoms with Crippen molar-refractivity contribution in [3.05, 3.63) is 40.9 Å². The SMILES string of the molecule is CCCNC1CCCN(C/C(C)=C/Cl)c2ccccc21. The molecule has 1 aliphatic rings. The quantitative estimate of drug-likeness (QED) is 0.861. The highest BCUT2D eigenvalue weighted by Crippen LogP contribution is 2.33. The van der Waals surface area contributed by atoms with Gasteiger partial charge in [0, 0.05) is 30.4 Å². The van der Waals surface area contributed by atoms with Gasteiger partial charge in [0.15, 0.2) is 0 Å². The minimum absolute atomic E-state index is 0.483. The van der Waals surface area contributed by atoms with Crippen molar-refractivity contribution >= 4 is 17.3 Å². The van der Waals surface area contributed by atoms with Crippen LogP contribution in [0.3, 0.4) is 0 Å². The number of nitrogens with zero attached hydrogens (tertiary/aromatic N) is 1. The normalized spacial score (nSPS) is 19.6. The number of para-hydroxylation sites is 1.